The standard InChI is InChI=1S/C16H18N4O2S/c1-23(21,22)19-14-6-4-12(5-7-14)15-10-13(11-17)16(18-15)20-8-2-3-9-20/h4-7,10,18-19H,2-3,8-9H2,1H3. The summed E-state index contributed by atoms with van der Waals surface area (Å²) in [7, 11) is -3.28. The second kappa shape index (κ2) is 5.97. The Kier molecular flexibility index (Phi) is 4.01. The van der Waals surface area contributed by atoms with Crippen molar-refractivity contribution in [3.8, 4) is 17.3 Å². The molecule has 2 N–H and O–H groups in total. The van der Waals surface area contributed by atoms with Crippen molar-refractivity contribution < 1.29 is 8.42 Å². The van der Waals surface area contributed by atoms with Crippen LogP contribution < -0.4 is 9.62 Å². The number of sulfonamides is 1. The molecule has 0 aliphatic carbocycles. The van der Waals surface area contributed by atoms with Crippen molar-refractivity contribution >= 4 is 21.5 Å². The molecule has 0 atom stereocenters. The number of rotatable bonds is 4. The highest BCUT2D eigenvalue weighted by Crippen LogP contribution is 2.29. The second-order valence-electron chi connectivity index (χ2n) is 5.70. The fourth-order valence-electron chi connectivity index (χ4n) is 2.81. The number of H-pyrrole nitrogens is 1. The highest BCUT2D eigenvalue weighted by Gasteiger charge is 2.19. The van der Waals surface area contributed by atoms with E-state index in [0.29, 0.717) is 11.3 Å². The fourth-order valence-corrected chi connectivity index (χ4v) is 3.37. The molecular formula is C16H18N4O2S. The van der Waals surface area contributed by atoms with Crippen molar-refractivity contribution in [3.05, 3.63) is 35.9 Å². The first-order valence-corrected chi connectivity index (χ1v) is 9.32. The first kappa shape index (κ1) is 15.4. The summed E-state index contributed by atoms with van der Waals surface area (Å²) < 4.78 is 24.9. The van der Waals surface area contributed by atoms with Gasteiger partial charge in [0.2, 0.25) is 10.0 Å². The van der Waals surface area contributed by atoms with Crippen LogP contribution in [0.15, 0.2) is 30.3 Å². The van der Waals surface area contributed by atoms with Crippen LogP contribution in [0.5, 0.6) is 0 Å². The Labute approximate surface area is 135 Å². The summed E-state index contributed by atoms with van der Waals surface area (Å²) in [5.74, 6) is 0.873. The molecule has 1 aliphatic heterocycles. The van der Waals surface area contributed by atoms with Crippen LogP contribution in [0.3, 0.4) is 0 Å². The first-order valence-electron chi connectivity index (χ1n) is 7.42. The van der Waals surface area contributed by atoms with Crippen molar-refractivity contribution in [1.82, 2.24) is 4.98 Å². The molecule has 1 aliphatic rings. The molecule has 3 rings (SSSR count). The van der Waals surface area contributed by atoms with Crippen molar-refractivity contribution in [3.63, 3.8) is 0 Å². The van der Waals surface area contributed by atoms with E-state index in [0.717, 1.165) is 49.3 Å². The Morgan fingerprint density at radius 3 is 2.43 bits per heavy atom. The van der Waals surface area contributed by atoms with Crippen molar-refractivity contribution in [2.75, 3.05) is 29.0 Å². The van der Waals surface area contributed by atoms with Gasteiger partial charge in [0.15, 0.2) is 0 Å². The van der Waals surface area contributed by atoms with Crippen LogP contribution in [-0.4, -0.2) is 32.7 Å². The third kappa shape index (κ3) is 3.48. The predicted octanol–water partition coefficient (Wildman–Crippen LogP) is 2.53. The number of hydrogen-bond donors (Lipinski definition) is 2. The maximum atomic E-state index is 11.2. The molecular weight excluding hydrogens is 312 g/mol. The van der Waals surface area contributed by atoms with Gasteiger partial charge in [0.25, 0.3) is 0 Å². The number of nitrogens with one attached hydrogen (secondary N) is 2. The van der Waals surface area contributed by atoms with Gasteiger partial charge < -0.3 is 9.88 Å². The quantitative estimate of drug-likeness (QED) is 0.901. The predicted molar refractivity (Wildman–Crippen MR) is 90.9 cm³/mol. The number of hydrogen-bond acceptors (Lipinski definition) is 4. The summed E-state index contributed by atoms with van der Waals surface area (Å²) in [6.07, 6.45) is 3.41. The minimum Gasteiger partial charge on any atom is -0.357 e. The molecule has 0 radical (unpaired) electrons. The minimum absolute atomic E-state index is 0.517. The zero-order chi connectivity index (χ0) is 16.4. The molecule has 0 amide bonds. The second-order valence-corrected chi connectivity index (χ2v) is 7.45. The molecule has 120 valence electrons. The van der Waals surface area contributed by atoms with Crippen molar-refractivity contribution in [2.45, 2.75) is 12.8 Å². The monoisotopic (exact) mass is 330 g/mol. The van der Waals surface area contributed by atoms with Crippen LogP contribution in [0.4, 0.5) is 11.5 Å². The molecule has 1 saturated heterocycles. The zero-order valence-corrected chi connectivity index (χ0v) is 13.7. The van der Waals surface area contributed by atoms with Gasteiger partial charge in [-0.15, -0.1) is 0 Å². The zero-order valence-electron chi connectivity index (χ0n) is 12.8. The van der Waals surface area contributed by atoms with Gasteiger partial charge in [-0.3, -0.25) is 4.72 Å². The number of nitriles is 1. The Bertz CT molecular complexity index is 841. The Morgan fingerprint density at radius 1 is 1.22 bits per heavy atom. The molecule has 6 nitrogen and oxygen atoms in total. The summed E-state index contributed by atoms with van der Waals surface area (Å²) in [6, 6.07) is 11.1. The van der Waals surface area contributed by atoms with Crippen LogP contribution in [0.1, 0.15) is 18.4 Å². The lowest BCUT2D eigenvalue weighted by atomic mass is 10.1. The van der Waals surface area contributed by atoms with Crippen LogP contribution in [0.25, 0.3) is 11.3 Å². The minimum atomic E-state index is -3.28. The summed E-state index contributed by atoms with van der Waals surface area (Å²) in [4.78, 5) is 5.52. The average Bonchev–Trinajstić information content (AvgIpc) is 3.15. The van der Waals surface area contributed by atoms with E-state index in [4.69, 9.17) is 0 Å². The lowest BCUT2D eigenvalue weighted by Crippen LogP contribution is -2.18. The third-order valence-electron chi connectivity index (χ3n) is 3.84. The highest BCUT2D eigenvalue weighted by atomic mass is 32.2. The van der Waals surface area contributed by atoms with Gasteiger partial charge in [-0.1, -0.05) is 12.1 Å². The van der Waals surface area contributed by atoms with Crippen molar-refractivity contribution in [2.24, 2.45) is 0 Å². The maximum Gasteiger partial charge on any atom is 0.229 e. The van der Waals surface area contributed by atoms with Gasteiger partial charge in [-0.2, -0.15) is 5.26 Å². The maximum absolute atomic E-state index is 11.2. The van der Waals surface area contributed by atoms with E-state index in [1.54, 1.807) is 12.1 Å². The van der Waals surface area contributed by atoms with Gasteiger partial charge in [0, 0.05) is 24.5 Å². The Balaban J connectivity index is 1.88. The lowest BCUT2D eigenvalue weighted by molar-refractivity contribution is 0.607. The average molecular weight is 330 g/mol. The van der Waals surface area contributed by atoms with Gasteiger partial charge in [0.05, 0.1) is 11.8 Å². The Morgan fingerprint density at radius 2 is 1.87 bits per heavy atom. The van der Waals surface area contributed by atoms with Crippen LogP contribution in [0.2, 0.25) is 0 Å². The number of anilines is 2. The Hall–Kier alpha value is -2.46. The summed E-state index contributed by atoms with van der Waals surface area (Å²) in [6.45, 7) is 1.93. The summed E-state index contributed by atoms with van der Waals surface area (Å²) in [5, 5.41) is 9.34. The van der Waals surface area contributed by atoms with Crippen molar-refractivity contribution in [1.29, 1.82) is 5.26 Å². The van der Waals surface area contributed by atoms with Crippen LogP contribution in [-0.2, 0) is 10.0 Å². The third-order valence-corrected chi connectivity index (χ3v) is 4.45. The highest BCUT2D eigenvalue weighted by molar-refractivity contribution is 7.92. The fraction of sp³-hybridized carbons (Fsp3) is 0.312. The topological polar surface area (TPSA) is 89.0 Å². The molecule has 23 heavy (non-hydrogen) atoms. The SMILES string of the molecule is CS(=O)(=O)Nc1ccc(-c2cc(C#N)c(N3CCCC3)[nH]2)cc1. The normalized spacial score (nSPS) is 14.7. The van der Waals surface area contributed by atoms with E-state index in [-0.39, 0.29) is 0 Å². The van der Waals surface area contributed by atoms with E-state index in [9.17, 15) is 13.7 Å². The lowest BCUT2D eigenvalue weighted by Gasteiger charge is -2.15. The van der Waals surface area contributed by atoms with Crippen LogP contribution in [0, 0.1) is 11.3 Å². The van der Waals surface area contributed by atoms with E-state index >= 15 is 0 Å². The smallest absolute Gasteiger partial charge is 0.229 e. The van der Waals surface area contributed by atoms with Gasteiger partial charge in [-0.05, 0) is 36.6 Å². The van der Waals surface area contributed by atoms with E-state index in [2.05, 4.69) is 20.7 Å². The molecule has 7 heteroatoms. The molecule has 0 spiro atoms. The van der Waals surface area contributed by atoms with E-state index in [1.807, 2.05) is 18.2 Å². The first-order chi connectivity index (χ1) is 11.0. The van der Waals surface area contributed by atoms with Gasteiger partial charge in [0.1, 0.15) is 11.9 Å². The molecule has 0 bridgehead atoms. The molecule has 0 saturated carbocycles. The number of nitrogens with zero attached hydrogens (tertiary/aromatic N) is 2. The molecule has 0 unspecified atom stereocenters. The molecule has 1 aromatic heterocycles. The van der Waals surface area contributed by atoms with E-state index < -0.39 is 10.0 Å². The molecule has 2 heterocycles. The van der Waals surface area contributed by atoms with E-state index in [1.165, 1.54) is 0 Å². The number of benzene rings is 1. The molecule has 2 aromatic rings. The number of aromatic nitrogens is 1. The molecule has 1 fully saturated rings. The summed E-state index contributed by atoms with van der Waals surface area (Å²) in [5.41, 5.74) is 2.92. The van der Waals surface area contributed by atoms with Gasteiger partial charge in [-0.25, -0.2) is 8.42 Å². The largest absolute Gasteiger partial charge is 0.357 e. The van der Waals surface area contributed by atoms with Gasteiger partial charge >= 0.3 is 0 Å². The number of aromatic amines is 1. The van der Waals surface area contributed by atoms with Crippen LogP contribution >= 0.6 is 0 Å². The summed E-state index contributed by atoms with van der Waals surface area (Å²) >= 11 is 0. The molecule has 1 aromatic carbocycles.